The Hall–Kier alpha value is -2.34. The van der Waals surface area contributed by atoms with Crippen LogP contribution in [-0.4, -0.2) is 51.4 Å². The fraction of sp³-hybridized carbons (Fsp3) is 0.474. The van der Waals surface area contributed by atoms with Gasteiger partial charge < -0.3 is 14.7 Å². The molecule has 0 aliphatic carbocycles. The van der Waals surface area contributed by atoms with Crippen LogP contribution in [0.2, 0.25) is 0 Å². The molecule has 25 heavy (non-hydrogen) atoms. The van der Waals surface area contributed by atoms with Crippen molar-refractivity contribution in [1.29, 1.82) is 0 Å². The van der Waals surface area contributed by atoms with Crippen LogP contribution in [0.25, 0.3) is 0 Å². The molecule has 0 spiro atoms. The number of carbonyl (C=O) groups excluding carboxylic acids is 1. The number of aliphatic hydroxyl groups is 1. The smallest absolute Gasteiger partial charge is 0.274 e. The number of benzene rings is 1. The van der Waals surface area contributed by atoms with Crippen molar-refractivity contribution in [2.75, 3.05) is 19.7 Å². The van der Waals surface area contributed by atoms with E-state index in [4.69, 9.17) is 4.74 Å². The summed E-state index contributed by atoms with van der Waals surface area (Å²) in [4.78, 5) is 14.4. The number of nitrogens with zero attached hydrogens (tertiary/aromatic N) is 2. The van der Waals surface area contributed by atoms with E-state index in [0.29, 0.717) is 18.7 Å². The third-order valence-electron chi connectivity index (χ3n) is 4.78. The van der Waals surface area contributed by atoms with Crippen LogP contribution < -0.4 is 4.74 Å². The third-order valence-corrected chi connectivity index (χ3v) is 4.78. The largest absolute Gasteiger partial charge is 0.491 e. The Bertz CT molecular complexity index is 771. The first kappa shape index (κ1) is 17.5. The predicted molar refractivity (Wildman–Crippen MR) is 94.8 cm³/mol. The van der Waals surface area contributed by atoms with Gasteiger partial charge in [0.2, 0.25) is 0 Å². The van der Waals surface area contributed by atoms with Crippen molar-refractivity contribution in [3.05, 3.63) is 46.8 Å². The minimum absolute atomic E-state index is 0.139. The lowest BCUT2D eigenvalue weighted by Gasteiger charge is -2.23. The van der Waals surface area contributed by atoms with Gasteiger partial charge in [-0.05, 0) is 44.4 Å². The summed E-state index contributed by atoms with van der Waals surface area (Å²) < 4.78 is 5.74. The second-order valence-electron chi connectivity index (χ2n) is 6.84. The van der Waals surface area contributed by atoms with Crippen molar-refractivity contribution >= 4 is 5.91 Å². The Balaban J connectivity index is 1.63. The summed E-state index contributed by atoms with van der Waals surface area (Å²) in [5, 5.41) is 17.8. The highest BCUT2D eigenvalue weighted by atomic mass is 16.5. The molecule has 0 bridgehead atoms. The van der Waals surface area contributed by atoms with Gasteiger partial charge in [0.1, 0.15) is 18.0 Å². The minimum atomic E-state index is -1.03. The topological polar surface area (TPSA) is 78.5 Å². The highest BCUT2D eigenvalue weighted by molar-refractivity contribution is 5.94. The molecule has 1 aromatic heterocycles. The van der Waals surface area contributed by atoms with Crippen LogP contribution in [0.1, 0.15) is 40.7 Å². The van der Waals surface area contributed by atoms with Gasteiger partial charge in [-0.15, -0.1) is 0 Å². The van der Waals surface area contributed by atoms with Gasteiger partial charge in [0, 0.05) is 17.8 Å². The average molecular weight is 343 g/mol. The Morgan fingerprint density at radius 1 is 1.44 bits per heavy atom. The molecule has 0 saturated carbocycles. The number of aromatic nitrogens is 2. The second kappa shape index (κ2) is 6.88. The van der Waals surface area contributed by atoms with Crippen molar-refractivity contribution in [2.45, 2.75) is 39.2 Å². The van der Waals surface area contributed by atoms with E-state index in [0.717, 1.165) is 29.0 Å². The Kier molecular flexibility index (Phi) is 4.81. The molecule has 2 heterocycles. The zero-order valence-corrected chi connectivity index (χ0v) is 15.0. The van der Waals surface area contributed by atoms with Gasteiger partial charge in [-0.25, -0.2) is 0 Å². The normalized spacial score (nSPS) is 20.1. The quantitative estimate of drug-likeness (QED) is 0.873. The summed E-state index contributed by atoms with van der Waals surface area (Å²) in [5.74, 6) is 0.592. The van der Waals surface area contributed by atoms with Crippen LogP contribution in [0.3, 0.4) is 0 Å². The lowest BCUT2D eigenvalue weighted by molar-refractivity contribution is 0.00423. The summed E-state index contributed by atoms with van der Waals surface area (Å²) in [6.45, 7) is 6.84. The molecule has 0 unspecified atom stereocenters. The van der Waals surface area contributed by atoms with E-state index in [1.807, 2.05) is 45.0 Å². The SMILES string of the molecule is CCc1[nH]nc(C(=O)N2CC[C@](O)(COc3cccc(C)c3)C2)c1C. The summed E-state index contributed by atoms with van der Waals surface area (Å²) in [5.41, 5.74) is 2.38. The van der Waals surface area contributed by atoms with E-state index in [9.17, 15) is 9.90 Å². The molecule has 6 heteroatoms. The zero-order valence-electron chi connectivity index (χ0n) is 15.0. The molecule has 1 aliphatic heterocycles. The number of hydrogen-bond donors (Lipinski definition) is 2. The molecule has 1 aromatic carbocycles. The maximum atomic E-state index is 12.7. The number of amides is 1. The molecule has 6 nitrogen and oxygen atoms in total. The molecule has 1 aliphatic rings. The third kappa shape index (κ3) is 3.69. The van der Waals surface area contributed by atoms with E-state index in [1.165, 1.54) is 0 Å². The number of nitrogens with one attached hydrogen (secondary N) is 1. The fourth-order valence-electron chi connectivity index (χ4n) is 3.21. The first-order chi connectivity index (χ1) is 11.9. The van der Waals surface area contributed by atoms with Gasteiger partial charge in [-0.1, -0.05) is 19.1 Å². The summed E-state index contributed by atoms with van der Waals surface area (Å²) >= 11 is 0. The molecule has 3 rings (SSSR count). The van der Waals surface area contributed by atoms with Crippen molar-refractivity contribution in [3.8, 4) is 5.75 Å². The van der Waals surface area contributed by atoms with Crippen LogP contribution in [-0.2, 0) is 6.42 Å². The Morgan fingerprint density at radius 2 is 2.24 bits per heavy atom. The van der Waals surface area contributed by atoms with E-state index < -0.39 is 5.60 Å². The maximum Gasteiger partial charge on any atom is 0.274 e. The van der Waals surface area contributed by atoms with Crippen LogP contribution in [0.4, 0.5) is 0 Å². The van der Waals surface area contributed by atoms with Crippen LogP contribution in [0, 0.1) is 13.8 Å². The Labute approximate surface area is 147 Å². The van der Waals surface area contributed by atoms with E-state index >= 15 is 0 Å². The molecular weight excluding hydrogens is 318 g/mol. The van der Waals surface area contributed by atoms with Gasteiger partial charge >= 0.3 is 0 Å². The molecular formula is C19H25N3O3. The number of aryl methyl sites for hydroxylation is 2. The van der Waals surface area contributed by atoms with Crippen LogP contribution in [0.15, 0.2) is 24.3 Å². The average Bonchev–Trinajstić information content (AvgIpc) is 3.16. The maximum absolute atomic E-state index is 12.7. The van der Waals surface area contributed by atoms with E-state index in [-0.39, 0.29) is 19.1 Å². The van der Waals surface area contributed by atoms with Crippen LogP contribution >= 0.6 is 0 Å². The fourth-order valence-corrected chi connectivity index (χ4v) is 3.21. The number of rotatable bonds is 5. The number of ether oxygens (including phenoxy) is 1. The first-order valence-electron chi connectivity index (χ1n) is 8.67. The summed E-state index contributed by atoms with van der Waals surface area (Å²) in [7, 11) is 0. The molecule has 134 valence electrons. The monoisotopic (exact) mass is 343 g/mol. The highest BCUT2D eigenvalue weighted by Gasteiger charge is 2.40. The summed E-state index contributed by atoms with van der Waals surface area (Å²) in [6, 6.07) is 7.72. The van der Waals surface area contributed by atoms with Crippen LogP contribution in [0.5, 0.6) is 5.75 Å². The second-order valence-corrected chi connectivity index (χ2v) is 6.84. The standard InChI is InChI=1S/C19H25N3O3/c1-4-16-14(3)17(21-20-16)18(23)22-9-8-19(24,11-22)12-25-15-7-5-6-13(2)10-15/h5-7,10,24H,4,8-9,11-12H2,1-3H3,(H,20,21)/t19-/m1/s1. The van der Waals surface area contributed by atoms with Gasteiger partial charge in [0.15, 0.2) is 5.69 Å². The highest BCUT2D eigenvalue weighted by Crippen LogP contribution is 2.25. The molecule has 2 aromatic rings. The van der Waals surface area contributed by atoms with E-state index in [2.05, 4.69) is 10.2 Å². The number of carbonyl (C=O) groups is 1. The molecule has 2 N–H and O–H groups in total. The predicted octanol–water partition coefficient (Wildman–Crippen LogP) is 2.24. The molecule has 1 fully saturated rings. The molecule has 1 amide bonds. The zero-order chi connectivity index (χ0) is 18.0. The van der Waals surface area contributed by atoms with Crippen molar-refractivity contribution < 1.29 is 14.6 Å². The van der Waals surface area contributed by atoms with Gasteiger partial charge in [-0.3, -0.25) is 9.89 Å². The van der Waals surface area contributed by atoms with E-state index in [1.54, 1.807) is 4.90 Å². The summed E-state index contributed by atoms with van der Waals surface area (Å²) in [6.07, 6.45) is 1.30. The van der Waals surface area contributed by atoms with Crippen molar-refractivity contribution in [2.24, 2.45) is 0 Å². The van der Waals surface area contributed by atoms with Gasteiger partial charge in [0.25, 0.3) is 5.91 Å². The Morgan fingerprint density at radius 3 is 2.92 bits per heavy atom. The lowest BCUT2D eigenvalue weighted by Crippen LogP contribution is -2.40. The minimum Gasteiger partial charge on any atom is -0.491 e. The van der Waals surface area contributed by atoms with Gasteiger partial charge in [0.05, 0.1) is 6.54 Å². The van der Waals surface area contributed by atoms with Gasteiger partial charge in [-0.2, -0.15) is 5.10 Å². The number of β-amino-alcohol motifs (C(OH)–C–C–N with tert-alkyl or cyclic N) is 1. The number of aromatic amines is 1. The van der Waals surface area contributed by atoms with Crippen molar-refractivity contribution in [1.82, 2.24) is 15.1 Å². The lowest BCUT2D eigenvalue weighted by atomic mass is 10.1. The number of H-pyrrole nitrogens is 1. The number of hydrogen-bond acceptors (Lipinski definition) is 4. The molecule has 1 atom stereocenters. The first-order valence-corrected chi connectivity index (χ1v) is 8.67. The molecule has 1 saturated heterocycles. The van der Waals surface area contributed by atoms with Crippen molar-refractivity contribution in [3.63, 3.8) is 0 Å². The number of likely N-dealkylation sites (tertiary alicyclic amines) is 1. The molecule has 0 radical (unpaired) electrons.